The van der Waals surface area contributed by atoms with E-state index in [0.717, 1.165) is 16.8 Å². The van der Waals surface area contributed by atoms with E-state index < -0.39 is 10.0 Å². The fourth-order valence-electron chi connectivity index (χ4n) is 2.74. The van der Waals surface area contributed by atoms with Crippen molar-refractivity contribution in [1.29, 1.82) is 0 Å². The highest BCUT2D eigenvalue weighted by Gasteiger charge is 2.17. The molecule has 0 fully saturated rings. The van der Waals surface area contributed by atoms with Gasteiger partial charge in [0.25, 0.3) is 0 Å². The standard InChI is InChI=1S/C18H15N5O2S/c1-12-2-6-14(7-3-12)23-17(22-16-18(23)21-11-10-20-16)13-4-8-15(9-5-13)26(19,24)25/h2-11H,1H3,(H2,19,24,25). The van der Waals surface area contributed by atoms with E-state index in [4.69, 9.17) is 5.14 Å². The van der Waals surface area contributed by atoms with E-state index in [1.54, 1.807) is 24.5 Å². The molecule has 0 atom stereocenters. The maximum atomic E-state index is 11.5. The molecule has 0 bridgehead atoms. The third-order valence-electron chi connectivity index (χ3n) is 4.03. The number of rotatable bonds is 3. The largest absolute Gasteiger partial charge is 0.275 e. The molecule has 0 amide bonds. The van der Waals surface area contributed by atoms with Gasteiger partial charge in [0.15, 0.2) is 11.3 Å². The minimum atomic E-state index is -3.75. The number of aromatic nitrogens is 4. The number of sulfonamides is 1. The van der Waals surface area contributed by atoms with Gasteiger partial charge in [0.1, 0.15) is 5.82 Å². The van der Waals surface area contributed by atoms with Crippen LogP contribution in [0.5, 0.6) is 0 Å². The Morgan fingerprint density at radius 2 is 1.58 bits per heavy atom. The van der Waals surface area contributed by atoms with Crippen molar-refractivity contribution in [2.24, 2.45) is 5.14 Å². The normalized spacial score (nSPS) is 11.8. The van der Waals surface area contributed by atoms with Crippen LogP contribution in [0, 0.1) is 6.92 Å². The van der Waals surface area contributed by atoms with Crippen molar-refractivity contribution in [3.05, 3.63) is 66.5 Å². The Kier molecular flexibility index (Phi) is 3.78. The first kappa shape index (κ1) is 16.4. The van der Waals surface area contributed by atoms with Gasteiger partial charge in [0.2, 0.25) is 10.0 Å². The molecule has 26 heavy (non-hydrogen) atoms. The Morgan fingerprint density at radius 3 is 2.23 bits per heavy atom. The Labute approximate surface area is 150 Å². The van der Waals surface area contributed by atoms with Crippen LogP contribution in [0.4, 0.5) is 0 Å². The molecule has 2 heterocycles. The second-order valence-electron chi connectivity index (χ2n) is 5.88. The molecule has 0 aliphatic rings. The molecule has 4 rings (SSSR count). The summed E-state index contributed by atoms with van der Waals surface area (Å²) in [4.78, 5) is 13.3. The Hall–Kier alpha value is -3.10. The summed E-state index contributed by atoms with van der Waals surface area (Å²) in [5.74, 6) is 0.621. The van der Waals surface area contributed by atoms with E-state index in [1.165, 1.54) is 12.1 Å². The first-order valence-corrected chi connectivity index (χ1v) is 9.38. The fraction of sp³-hybridized carbons (Fsp3) is 0.0556. The molecule has 130 valence electrons. The first-order chi connectivity index (χ1) is 12.4. The molecule has 4 aromatic rings. The molecule has 2 N–H and O–H groups in total. The van der Waals surface area contributed by atoms with Gasteiger partial charge >= 0.3 is 0 Å². The summed E-state index contributed by atoms with van der Waals surface area (Å²) in [5, 5.41) is 5.17. The van der Waals surface area contributed by atoms with E-state index >= 15 is 0 Å². The topological polar surface area (TPSA) is 104 Å². The van der Waals surface area contributed by atoms with Crippen molar-refractivity contribution in [3.63, 3.8) is 0 Å². The van der Waals surface area contributed by atoms with Crippen molar-refractivity contribution in [1.82, 2.24) is 19.5 Å². The summed E-state index contributed by atoms with van der Waals surface area (Å²) in [6.07, 6.45) is 3.20. The van der Waals surface area contributed by atoms with Crippen LogP contribution in [-0.4, -0.2) is 27.9 Å². The van der Waals surface area contributed by atoms with Crippen LogP contribution in [0.15, 0.2) is 65.8 Å². The van der Waals surface area contributed by atoms with Crippen LogP contribution in [0.3, 0.4) is 0 Å². The quantitative estimate of drug-likeness (QED) is 0.600. The van der Waals surface area contributed by atoms with Crippen LogP contribution >= 0.6 is 0 Å². The van der Waals surface area contributed by atoms with Gasteiger partial charge in [0.05, 0.1) is 4.90 Å². The molecule has 0 aliphatic carbocycles. The number of benzene rings is 2. The number of nitrogens with two attached hydrogens (primary N) is 1. The smallest absolute Gasteiger partial charge is 0.238 e. The van der Waals surface area contributed by atoms with Crippen LogP contribution < -0.4 is 5.14 Å². The summed E-state index contributed by atoms with van der Waals surface area (Å²) in [6, 6.07) is 14.2. The predicted molar refractivity (Wildman–Crippen MR) is 98.2 cm³/mol. The number of imidazole rings is 1. The average molecular weight is 365 g/mol. The molecule has 0 unspecified atom stereocenters. The van der Waals surface area contributed by atoms with Gasteiger partial charge < -0.3 is 0 Å². The molecule has 0 radical (unpaired) electrons. The summed E-state index contributed by atoms with van der Waals surface area (Å²) in [6.45, 7) is 2.02. The van der Waals surface area contributed by atoms with E-state index in [2.05, 4.69) is 15.0 Å². The summed E-state index contributed by atoms with van der Waals surface area (Å²) in [5.41, 5.74) is 3.91. The van der Waals surface area contributed by atoms with Crippen LogP contribution in [0.2, 0.25) is 0 Å². The van der Waals surface area contributed by atoms with E-state index in [0.29, 0.717) is 17.1 Å². The zero-order valence-electron chi connectivity index (χ0n) is 13.9. The molecule has 2 aromatic heterocycles. The highest BCUT2D eigenvalue weighted by Crippen LogP contribution is 2.27. The highest BCUT2D eigenvalue weighted by molar-refractivity contribution is 7.89. The zero-order chi connectivity index (χ0) is 18.3. The molecule has 8 heteroatoms. The zero-order valence-corrected chi connectivity index (χ0v) is 14.7. The van der Waals surface area contributed by atoms with Gasteiger partial charge in [-0.3, -0.25) is 4.57 Å². The Bertz CT molecular complexity index is 1200. The molecule has 0 saturated carbocycles. The van der Waals surface area contributed by atoms with Crippen LogP contribution in [0.25, 0.3) is 28.4 Å². The SMILES string of the molecule is Cc1ccc(-n2c(-c3ccc(S(N)(=O)=O)cc3)nc3nccnc32)cc1. The third kappa shape index (κ3) is 2.85. The molecular formula is C18H15N5O2S. The van der Waals surface area contributed by atoms with Crippen LogP contribution in [0.1, 0.15) is 5.56 Å². The Morgan fingerprint density at radius 1 is 0.923 bits per heavy atom. The number of hydrogen-bond acceptors (Lipinski definition) is 5. The minimum absolute atomic E-state index is 0.0514. The van der Waals surface area contributed by atoms with Crippen molar-refractivity contribution in [2.75, 3.05) is 0 Å². The maximum absolute atomic E-state index is 11.5. The predicted octanol–water partition coefficient (Wildman–Crippen LogP) is 2.44. The van der Waals surface area contributed by atoms with Gasteiger partial charge in [-0.1, -0.05) is 17.7 Å². The van der Waals surface area contributed by atoms with Crippen molar-refractivity contribution < 1.29 is 8.42 Å². The third-order valence-corrected chi connectivity index (χ3v) is 4.96. The maximum Gasteiger partial charge on any atom is 0.238 e. The number of nitrogens with zero attached hydrogens (tertiary/aromatic N) is 4. The Balaban J connectivity index is 1.95. The number of primary sulfonamides is 1. The van der Waals surface area contributed by atoms with Gasteiger partial charge in [-0.15, -0.1) is 0 Å². The number of fused-ring (bicyclic) bond motifs is 1. The summed E-state index contributed by atoms with van der Waals surface area (Å²) < 4.78 is 24.9. The van der Waals surface area contributed by atoms with E-state index in [-0.39, 0.29) is 4.90 Å². The van der Waals surface area contributed by atoms with Crippen LogP contribution in [-0.2, 0) is 10.0 Å². The lowest BCUT2D eigenvalue weighted by Crippen LogP contribution is -2.11. The molecule has 0 saturated heterocycles. The van der Waals surface area contributed by atoms with Gasteiger partial charge in [0, 0.05) is 23.6 Å². The van der Waals surface area contributed by atoms with E-state index in [9.17, 15) is 8.42 Å². The second kappa shape index (κ2) is 6.01. The highest BCUT2D eigenvalue weighted by atomic mass is 32.2. The minimum Gasteiger partial charge on any atom is -0.275 e. The molecule has 0 spiro atoms. The van der Waals surface area contributed by atoms with Gasteiger partial charge in [-0.05, 0) is 43.3 Å². The van der Waals surface area contributed by atoms with Gasteiger partial charge in [-0.2, -0.15) is 0 Å². The molecule has 2 aromatic carbocycles. The van der Waals surface area contributed by atoms with Crippen molar-refractivity contribution in [2.45, 2.75) is 11.8 Å². The molecule has 0 aliphatic heterocycles. The lowest BCUT2D eigenvalue weighted by molar-refractivity contribution is 0.598. The lowest BCUT2D eigenvalue weighted by atomic mass is 10.2. The van der Waals surface area contributed by atoms with Crippen molar-refractivity contribution in [3.8, 4) is 17.1 Å². The number of aryl methyl sites for hydroxylation is 1. The van der Waals surface area contributed by atoms with E-state index in [1.807, 2.05) is 35.8 Å². The summed E-state index contributed by atoms with van der Waals surface area (Å²) >= 11 is 0. The van der Waals surface area contributed by atoms with Crippen molar-refractivity contribution >= 4 is 21.3 Å². The first-order valence-electron chi connectivity index (χ1n) is 7.83. The molecular weight excluding hydrogens is 350 g/mol. The lowest BCUT2D eigenvalue weighted by Gasteiger charge is -2.09. The second-order valence-corrected chi connectivity index (χ2v) is 7.44. The monoisotopic (exact) mass is 365 g/mol. The summed E-state index contributed by atoms with van der Waals surface area (Å²) in [7, 11) is -3.75. The average Bonchev–Trinajstić information content (AvgIpc) is 3.01. The fourth-order valence-corrected chi connectivity index (χ4v) is 3.25. The molecule has 7 nitrogen and oxygen atoms in total. The number of hydrogen-bond donors (Lipinski definition) is 1. The van der Waals surface area contributed by atoms with Gasteiger partial charge in [-0.25, -0.2) is 28.5 Å².